The first kappa shape index (κ1) is 23.8. The van der Waals surface area contributed by atoms with E-state index in [1.165, 1.54) is 43.5 Å². The Balaban J connectivity index is 1.66. The maximum Gasteiger partial charge on any atom is 0.363 e. The number of carbonyl (C=O) groups is 1. The summed E-state index contributed by atoms with van der Waals surface area (Å²) in [7, 11) is -4.13. The van der Waals surface area contributed by atoms with Crippen LogP contribution in [-0.4, -0.2) is 27.5 Å². The zero-order valence-corrected chi connectivity index (χ0v) is 19.8. The monoisotopic (exact) mass is 484 g/mol. The number of hydrogen-bond donors (Lipinski definition) is 2. The summed E-state index contributed by atoms with van der Waals surface area (Å²) in [5.74, 6) is -0.0802. The molecule has 0 unspecified atom stereocenters. The molecule has 0 radical (unpaired) electrons. The Kier molecular flexibility index (Phi) is 7.21. The number of anilines is 2. The summed E-state index contributed by atoms with van der Waals surface area (Å²) in [6.45, 7) is 2.54. The van der Waals surface area contributed by atoms with Gasteiger partial charge in [0.1, 0.15) is 5.58 Å². The Morgan fingerprint density at radius 2 is 1.74 bits per heavy atom. The number of fused-ring (bicyclic) bond motifs is 1. The average molecular weight is 485 g/mol. The average Bonchev–Trinajstić information content (AvgIpc) is 2.84. The maximum absolute atomic E-state index is 13.1. The smallest absolute Gasteiger partial charge is 0.363 e. The number of sulfonamides is 1. The second-order valence-electron chi connectivity index (χ2n) is 8.37. The molecule has 0 spiro atoms. The number of benzene rings is 2. The topological polar surface area (TPSA) is 115 Å². The summed E-state index contributed by atoms with van der Waals surface area (Å²) < 4.78 is 39.0. The molecule has 0 aliphatic heterocycles. The van der Waals surface area contributed by atoms with Gasteiger partial charge in [-0.1, -0.05) is 31.4 Å². The third-order valence-corrected chi connectivity index (χ3v) is 7.38. The van der Waals surface area contributed by atoms with Crippen molar-refractivity contribution in [2.75, 3.05) is 23.2 Å². The maximum atomic E-state index is 13.1. The van der Waals surface area contributed by atoms with Crippen LogP contribution in [0.15, 0.2) is 62.6 Å². The first-order chi connectivity index (χ1) is 16.4. The van der Waals surface area contributed by atoms with Crippen LogP contribution in [0.4, 0.5) is 11.4 Å². The third kappa shape index (κ3) is 5.25. The molecule has 0 bridgehead atoms. The van der Waals surface area contributed by atoms with Crippen LogP contribution in [0.2, 0.25) is 0 Å². The molecule has 1 saturated carbocycles. The number of hydrogen-bond acceptors (Lipinski definition) is 7. The van der Waals surface area contributed by atoms with Crippen molar-refractivity contribution in [3.8, 4) is 0 Å². The number of ether oxygens (including phenoxy) is 1. The Morgan fingerprint density at radius 1 is 1.03 bits per heavy atom. The van der Waals surface area contributed by atoms with E-state index in [0.717, 1.165) is 12.8 Å². The van der Waals surface area contributed by atoms with E-state index in [9.17, 15) is 18.0 Å². The van der Waals surface area contributed by atoms with E-state index in [2.05, 4.69) is 10.0 Å². The molecule has 34 heavy (non-hydrogen) atoms. The predicted octanol–water partition coefficient (Wildman–Crippen LogP) is 4.76. The molecule has 2 N–H and O–H groups in total. The van der Waals surface area contributed by atoms with Gasteiger partial charge in [0.25, 0.3) is 10.0 Å². The number of rotatable bonds is 8. The van der Waals surface area contributed by atoms with Gasteiger partial charge in [-0.3, -0.25) is 4.72 Å². The van der Waals surface area contributed by atoms with Crippen molar-refractivity contribution in [1.82, 2.24) is 0 Å². The van der Waals surface area contributed by atoms with Gasteiger partial charge in [-0.15, -0.1) is 0 Å². The standard InChI is InChI=1S/C25H28N2O6S/c1-2-32-24(28)18-12-14-19(15-13-18)34(30,31)27-23-22(26-16-17-8-4-3-5-9-17)20-10-6-7-11-21(20)33-25(23)29/h6-7,10-15,17,26-27H,2-5,8-9,16H2,1H3. The highest BCUT2D eigenvalue weighted by molar-refractivity contribution is 7.92. The van der Waals surface area contributed by atoms with E-state index in [1.807, 2.05) is 0 Å². The van der Waals surface area contributed by atoms with Crippen molar-refractivity contribution in [3.05, 3.63) is 64.5 Å². The van der Waals surface area contributed by atoms with Gasteiger partial charge in [-0.25, -0.2) is 18.0 Å². The van der Waals surface area contributed by atoms with Crippen LogP contribution in [0.3, 0.4) is 0 Å². The van der Waals surface area contributed by atoms with Crippen molar-refractivity contribution in [1.29, 1.82) is 0 Å². The first-order valence-corrected chi connectivity index (χ1v) is 13.0. The molecule has 0 atom stereocenters. The Labute approximate surface area is 198 Å². The molecule has 1 aliphatic carbocycles. The van der Waals surface area contributed by atoms with E-state index < -0.39 is 21.6 Å². The molecule has 1 heterocycles. The highest BCUT2D eigenvalue weighted by Gasteiger charge is 2.23. The molecular formula is C25H28N2O6S. The van der Waals surface area contributed by atoms with Crippen LogP contribution in [0.5, 0.6) is 0 Å². The summed E-state index contributed by atoms with van der Waals surface area (Å²) in [4.78, 5) is 24.6. The van der Waals surface area contributed by atoms with Gasteiger partial charge < -0.3 is 14.5 Å². The molecule has 1 aliphatic rings. The van der Waals surface area contributed by atoms with E-state index in [0.29, 0.717) is 29.1 Å². The molecule has 1 fully saturated rings. The second kappa shape index (κ2) is 10.3. The predicted molar refractivity (Wildman–Crippen MR) is 131 cm³/mol. The van der Waals surface area contributed by atoms with Gasteiger partial charge in [0.05, 0.1) is 22.8 Å². The van der Waals surface area contributed by atoms with Gasteiger partial charge in [0, 0.05) is 11.9 Å². The first-order valence-electron chi connectivity index (χ1n) is 11.5. The fraction of sp³-hybridized carbons (Fsp3) is 0.360. The lowest BCUT2D eigenvalue weighted by atomic mass is 9.89. The number of para-hydroxylation sites is 1. The van der Waals surface area contributed by atoms with E-state index in [-0.39, 0.29) is 22.8 Å². The minimum atomic E-state index is -4.13. The van der Waals surface area contributed by atoms with Crippen molar-refractivity contribution >= 4 is 38.3 Å². The largest absolute Gasteiger partial charge is 0.462 e. The van der Waals surface area contributed by atoms with Gasteiger partial charge in [-0.2, -0.15) is 0 Å². The molecule has 3 aromatic rings. The molecule has 180 valence electrons. The zero-order valence-electron chi connectivity index (χ0n) is 19.0. The quantitative estimate of drug-likeness (QED) is 0.350. The van der Waals surface area contributed by atoms with Crippen molar-refractivity contribution < 1.29 is 22.4 Å². The zero-order chi connectivity index (χ0) is 24.1. The van der Waals surface area contributed by atoms with Crippen molar-refractivity contribution in [3.63, 3.8) is 0 Å². The highest BCUT2D eigenvalue weighted by Crippen LogP contribution is 2.32. The summed E-state index contributed by atoms with van der Waals surface area (Å²) in [5, 5.41) is 3.95. The van der Waals surface area contributed by atoms with Gasteiger partial charge in [0.15, 0.2) is 5.69 Å². The van der Waals surface area contributed by atoms with Crippen molar-refractivity contribution in [2.24, 2.45) is 5.92 Å². The molecule has 2 aromatic carbocycles. The molecule has 4 rings (SSSR count). The molecule has 9 heteroatoms. The molecule has 0 amide bonds. The number of carbonyl (C=O) groups excluding carboxylic acids is 1. The Hall–Kier alpha value is -3.33. The van der Waals surface area contributed by atoms with E-state index >= 15 is 0 Å². The summed E-state index contributed by atoms with van der Waals surface area (Å²) in [6.07, 6.45) is 5.77. The lowest BCUT2D eigenvalue weighted by molar-refractivity contribution is 0.0526. The summed E-state index contributed by atoms with van der Waals surface area (Å²) in [6, 6.07) is 12.4. The fourth-order valence-corrected chi connectivity index (χ4v) is 5.31. The van der Waals surface area contributed by atoms with Gasteiger partial charge in [0.2, 0.25) is 0 Å². The van der Waals surface area contributed by atoms with Crippen LogP contribution >= 0.6 is 0 Å². The van der Waals surface area contributed by atoms with Crippen molar-refractivity contribution in [2.45, 2.75) is 43.9 Å². The lowest BCUT2D eigenvalue weighted by Crippen LogP contribution is -2.23. The number of esters is 1. The molecule has 1 aromatic heterocycles. The van der Waals surface area contributed by atoms with Gasteiger partial charge >= 0.3 is 11.6 Å². The number of nitrogens with one attached hydrogen (secondary N) is 2. The second-order valence-corrected chi connectivity index (χ2v) is 10.1. The molecule has 8 nitrogen and oxygen atoms in total. The van der Waals surface area contributed by atoms with E-state index in [4.69, 9.17) is 9.15 Å². The van der Waals surface area contributed by atoms with Gasteiger partial charge in [-0.05, 0) is 62.1 Å². The third-order valence-electron chi connectivity index (χ3n) is 6.02. The Bertz CT molecular complexity index is 1330. The SMILES string of the molecule is CCOC(=O)c1ccc(S(=O)(=O)Nc2c(NCC3CCCCC3)c3ccccc3oc2=O)cc1. The van der Waals surface area contributed by atoms with Crippen LogP contribution < -0.4 is 15.7 Å². The Morgan fingerprint density at radius 3 is 2.44 bits per heavy atom. The highest BCUT2D eigenvalue weighted by atomic mass is 32.2. The van der Waals surface area contributed by atoms with Crippen LogP contribution in [0.25, 0.3) is 11.0 Å². The minimum absolute atomic E-state index is 0.0914. The summed E-state index contributed by atoms with van der Waals surface area (Å²) in [5.41, 5.74) is 0.0749. The molecular weight excluding hydrogens is 456 g/mol. The fourth-order valence-electron chi connectivity index (χ4n) is 4.24. The van der Waals surface area contributed by atoms with Crippen LogP contribution in [0, 0.1) is 5.92 Å². The lowest BCUT2D eigenvalue weighted by Gasteiger charge is -2.23. The minimum Gasteiger partial charge on any atom is -0.462 e. The molecule has 0 saturated heterocycles. The van der Waals surface area contributed by atoms with E-state index in [1.54, 1.807) is 31.2 Å². The summed E-state index contributed by atoms with van der Waals surface area (Å²) >= 11 is 0. The van der Waals surface area contributed by atoms with Crippen LogP contribution in [-0.2, 0) is 14.8 Å². The van der Waals surface area contributed by atoms with Crippen LogP contribution in [0.1, 0.15) is 49.4 Å². The normalized spacial score (nSPS) is 14.6.